The van der Waals surface area contributed by atoms with Gasteiger partial charge in [-0.1, -0.05) is 0 Å². The number of hydrogen-bond acceptors (Lipinski definition) is 5. The predicted molar refractivity (Wildman–Crippen MR) is 88.5 cm³/mol. The van der Waals surface area contributed by atoms with Gasteiger partial charge in [0.05, 0.1) is 18.6 Å². The highest BCUT2D eigenvalue weighted by Gasteiger charge is 2.57. The van der Waals surface area contributed by atoms with Gasteiger partial charge in [-0.2, -0.15) is 0 Å². The van der Waals surface area contributed by atoms with E-state index < -0.39 is 21.3 Å². The van der Waals surface area contributed by atoms with Crippen molar-refractivity contribution in [1.29, 1.82) is 0 Å². The molecular formula is C16H20N2O5S. The average Bonchev–Trinajstić information content (AvgIpc) is 3.29. The van der Waals surface area contributed by atoms with Gasteiger partial charge in [-0.3, -0.25) is 9.59 Å². The van der Waals surface area contributed by atoms with Gasteiger partial charge in [-0.25, -0.2) is 8.42 Å². The van der Waals surface area contributed by atoms with Crippen LogP contribution in [0.15, 0.2) is 24.3 Å². The SMILES string of the molecule is COc1ccc(NC(=O)C2(C(=O)NC3CCS(=O)(=O)C3)CC2)cc1. The van der Waals surface area contributed by atoms with Gasteiger partial charge in [0.25, 0.3) is 0 Å². The maximum atomic E-state index is 12.5. The van der Waals surface area contributed by atoms with Crippen LogP contribution in [0.25, 0.3) is 0 Å². The molecule has 2 aliphatic rings. The molecule has 1 aliphatic carbocycles. The number of carbonyl (C=O) groups excluding carboxylic acids is 2. The Bertz CT molecular complexity index is 753. The maximum absolute atomic E-state index is 12.5. The lowest BCUT2D eigenvalue weighted by Crippen LogP contribution is -2.45. The van der Waals surface area contributed by atoms with E-state index >= 15 is 0 Å². The molecule has 0 bridgehead atoms. The van der Waals surface area contributed by atoms with Gasteiger partial charge in [0.15, 0.2) is 9.84 Å². The van der Waals surface area contributed by atoms with Gasteiger partial charge in [0, 0.05) is 11.7 Å². The van der Waals surface area contributed by atoms with E-state index in [0.29, 0.717) is 30.7 Å². The molecule has 3 rings (SSSR count). The summed E-state index contributed by atoms with van der Waals surface area (Å²) in [4.78, 5) is 24.9. The third kappa shape index (κ3) is 3.38. The number of anilines is 1. The fourth-order valence-electron chi connectivity index (χ4n) is 2.84. The predicted octanol–water partition coefficient (Wildman–Crippen LogP) is 0.717. The molecule has 2 amide bonds. The van der Waals surface area contributed by atoms with Crippen LogP contribution in [0, 0.1) is 5.41 Å². The van der Waals surface area contributed by atoms with Crippen molar-refractivity contribution in [3.8, 4) is 5.75 Å². The first kappa shape index (κ1) is 16.8. The van der Waals surface area contributed by atoms with Crippen LogP contribution < -0.4 is 15.4 Å². The molecule has 2 N–H and O–H groups in total. The van der Waals surface area contributed by atoms with Gasteiger partial charge < -0.3 is 15.4 Å². The third-order valence-electron chi connectivity index (χ3n) is 4.53. The first-order valence-corrected chi connectivity index (χ1v) is 9.64. The molecule has 130 valence electrons. The van der Waals surface area contributed by atoms with E-state index in [1.165, 1.54) is 0 Å². The van der Waals surface area contributed by atoms with Crippen LogP contribution in [0.2, 0.25) is 0 Å². The van der Waals surface area contributed by atoms with Gasteiger partial charge in [0.2, 0.25) is 11.8 Å². The molecule has 8 heteroatoms. The average molecular weight is 352 g/mol. The Labute approximate surface area is 140 Å². The Morgan fingerprint density at radius 1 is 1.17 bits per heavy atom. The normalized spacial score (nSPS) is 23.3. The first-order valence-electron chi connectivity index (χ1n) is 7.81. The van der Waals surface area contributed by atoms with Gasteiger partial charge in [-0.15, -0.1) is 0 Å². The summed E-state index contributed by atoms with van der Waals surface area (Å²) in [6, 6.07) is 6.45. The highest BCUT2D eigenvalue weighted by molar-refractivity contribution is 7.91. The summed E-state index contributed by atoms with van der Waals surface area (Å²) in [5.74, 6) is -0.0197. The molecule has 1 saturated carbocycles. The van der Waals surface area contributed by atoms with Crippen molar-refractivity contribution in [1.82, 2.24) is 5.32 Å². The molecule has 24 heavy (non-hydrogen) atoms. The van der Waals surface area contributed by atoms with Crippen molar-refractivity contribution in [3.63, 3.8) is 0 Å². The molecule has 7 nitrogen and oxygen atoms in total. The quantitative estimate of drug-likeness (QED) is 0.760. The number of benzene rings is 1. The third-order valence-corrected chi connectivity index (χ3v) is 6.30. The van der Waals surface area contributed by atoms with Crippen molar-refractivity contribution < 1.29 is 22.7 Å². The lowest BCUT2D eigenvalue weighted by Gasteiger charge is -2.18. The Morgan fingerprint density at radius 2 is 1.83 bits per heavy atom. The summed E-state index contributed by atoms with van der Waals surface area (Å²) in [5, 5.41) is 5.47. The van der Waals surface area contributed by atoms with Crippen molar-refractivity contribution >= 4 is 27.3 Å². The summed E-state index contributed by atoms with van der Waals surface area (Å²) >= 11 is 0. The molecule has 1 heterocycles. The molecule has 0 aromatic heterocycles. The second kappa shape index (κ2) is 6.08. The van der Waals surface area contributed by atoms with Gasteiger partial charge in [0.1, 0.15) is 11.2 Å². The Balaban J connectivity index is 1.62. The number of ether oxygens (including phenoxy) is 1. The van der Waals surface area contributed by atoms with Crippen molar-refractivity contribution in [3.05, 3.63) is 24.3 Å². The Hall–Kier alpha value is -2.09. The summed E-state index contributed by atoms with van der Waals surface area (Å²) in [5.41, 5.74) is -0.491. The molecule has 0 radical (unpaired) electrons. The molecule has 1 aromatic carbocycles. The van der Waals surface area contributed by atoms with E-state index in [1.807, 2.05) is 0 Å². The van der Waals surface area contributed by atoms with E-state index in [4.69, 9.17) is 4.74 Å². The second-order valence-electron chi connectivity index (χ2n) is 6.34. The van der Waals surface area contributed by atoms with Crippen LogP contribution in [0.3, 0.4) is 0 Å². The van der Waals surface area contributed by atoms with Crippen LogP contribution in [0.5, 0.6) is 5.75 Å². The molecule has 1 atom stereocenters. The Kier molecular flexibility index (Phi) is 4.25. The number of methoxy groups -OCH3 is 1. The molecule has 1 aliphatic heterocycles. The fourth-order valence-corrected chi connectivity index (χ4v) is 4.51. The minimum absolute atomic E-state index is 0.0467. The number of hydrogen-bond donors (Lipinski definition) is 2. The monoisotopic (exact) mass is 352 g/mol. The van der Waals surface area contributed by atoms with Crippen LogP contribution in [-0.4, -0.2) is 44.9 Å². The minimum atomic E-state index is -3.07. The van der Waals surface area contributed by atoms with Crippen LogP contribution in [0.1, 0.15) is 19.3 Å². The highest BCUT2D eigenvalue weighted by atomic mass is 32.2. The summed E-state index contributed by atoms with van der Waals surface area (Å²) in [6.45, 7) is 0. The largest absolute Gasteiger partial charge is 0.497 e. The molecule has 0 spiro atoms. The molecule has 1 unspecified atom stereocenters. The van der Waals surface area contributed by atoms with Crippen molar-refractivity contribution in [2.45, 2.75) is 25.3 Å². The second-order valence-corrected chi connectivity index (χ2v) is 8.57. The van der Waals surface area contributed by atoms with E-state index in [0.717, 1.165) is 0 Å². The zero-order valence-electron chi connectivity index (χ0n) is 13.4. The molecule has 1 aromatic rings. The van der Waals surface area contributed by atoms with Gasteiger partial charge in [-0.05, 0) is 43.5 Å². The van der Waals surface area contributed by atoms with Crippen molar-refractivity contribution in [2.24, 2.45) is 5.41 Å². The highest BCUT2D eigenvalue weighted by Crippen LogP contribution is 2.47. The van der Waals surface area contributed by atoms with E-state index in [-0.39, 0.29) is 23.3 Å². The number of nitrogens with one attached hydrogen (secondary N) is 2. The lowest BCUT2D eigenvalue weighted by molar-refractivity contribution is -0.134. The summed E-state index contributed by atoms with van der Waals surface area (Å²) in [7, 11) is -1.51. The number of rotatable bonds is 5. The van der Waals surface area contributed by atoms with Crippen LogP contribution in [-0.2, 0) is 19.4 Å². The maximum Gasteiger partial charge on any atom is 0.240 e. The lowest BCUT2D eigenvalue weighted by atomic mass is 10.0. The van der Waals surface area contributed by atoms with E-state index in [9.17, 15) is 18.0 Å². The minimum Gasteiger partial charge on any atom is -0.497 e. The van der Waals surface area contributed by atoms with Crippen molar-refractivity contribution in [2.75, 3.05) is 23.9 Å². The smallest absolute Gasteiger partial charge is 0.240 e. The molecular weight excluding hydrogens is 332 g/mol. The standard InChI is InChI=1S/C16H20N2O5S/c1-23-13-4-2-11(3-5-13)17-14(19)16(7-8-16)15(20)18-12-6-9-24(21,22)10-12/h2-5,12H,6-10H2,1H3,(H,17,19)(H,18,20). The Morgan fingerprint density at radius 3 is 2.33 bits per heavy atom. The topological polar surface area (TPSA) is 102 Å². The van der Waals surface area contributed by atoms with Crippen LogP contribution in [0.4, 0.5) is 5.69 Å². The summed E-state index contributed by atoms with van der Waals surface area (Å²) < 4.78 is 28.0. The number of amides is 2. The molecule has 2 fully saturated rings. The zero-order valence-corrected chi connectivity index (χ0v) is 14.2. The zero-order chi connectivity index (χ0) is 17.4. The van der Waals surface area contributed by atoms with Crippen LogP contribution >= 0.6 is 0 Å². The number of sulfone groups is 1. The fraction of sp³-hybridized carbons (Fsp3) is 0.500. The van der Waals surface area contributed by atoms with Gasteiger partial charge >= 0.3 is 0 Å². The van der Waals surface area contributed by atoms with E-state index in [1.54, 1.807) is 31.4 Å². The first-order chi connectivity index (χ1) is 11.3. The number of carbonyl (C=O) groups is 2. The van der Waals surface area contributed by atoms with E-state index in [2.05, 4.69) is 10.6 Å². The molecule has 1 saturated heterocycles. The summed E-state index contributed by atoms with van der Waals surface area (Å²) in [6.07, 6.45) is 1.35.